The minimum Gasteiger partial charge on any atom is -0.496 e. The first kappa shape index (κ1) is 19.5. The second kappa shape index (κ2) is 9.62. The van der Waals surface area contributed by atoms with Crippen molar-refractivity contribution in [3.05, 3.63) is 28.8 Å². The number of rotatable bonds is 9. The summed E-state index contributed by atoms with van der Waals surface area (Å²) in [5.74, 6) is 1.37. The number of hydrazone groups is 1. The molecule has 0 saturated heterocycles. The van der Waals surface area contributed by atoms with Gasteiger partial charge in [0.05, 0.1) is 51.8 Å². The summed E-state index contributed by atoms with van der Waals surface area (Å²) in [5.41, 5.74) is 4.09. The van der Waals surface area contributed by atoms with E-state index in [1.54, 1.807) is 52.0 Å². The first-order valence-corrected chi connectivity index (χ1v) is 8.68. The molecule has 0 atom stereocenters. The van der Waals surface area contributed by atoms with Crippen molar-refractivity contribution >= 4 is 28.7 Å². The molecule has 9 heteroatoms. The third-order valence-corrected chi connectivity index (χ3v) is 4.10. The molecular formula is C17H21N3O5S. The third-order valence-electron chi connectivity index (χ3n) is 3.30. The molecule has 26 heavy (non-hydrogen) atoms. The van der Waals surface area contributed by atoms with E-state index in [2.05, 4.69) is 15.5 Å². The van der Waals surface area contributed by atoms with Crippen LogP contribution in [-0.4, -0.2) is 45.1 Å². The van der Waals surface area contributed by atoms with E-state index < -0.39 is 0 Å². The average molecular weight is 379 g/mol. The van der Waals surface area contributed by atoms with E-state index in [1.165, 1.54) is 11.3 Å². The van der Waals surface area contributed by atoms with Crippen molar-refractivity contribution in [2.24, 2.45) is 5.10 Å². The summed E-state index contributed by atoms with van der Waals surface area (Å²) in [6.07, 6.45) is 1.69. The molecule has 1 aromatic carbocycles. The average Bonchev–Trinajstić information content (AvgIpc) is 3.08. The highest BCUT2D eigenvalue weighted by Crippen LogP contribution is 2.36. The van der Waals surface area contributed by atoms with E-state index in [0.29, 0.717) is 40.2 Å². The van der Waals surface area contributed by atoms with Gasteiger partial charge in [-0.15, -0.1) is 11.3 Å². The SMILES string of the molecule is CCOC(=O)Cc1csc(NN=Cc2c(OC)ccc(OC)c2OC)n1. The van der Waals surface area contributed by atoms with Crippen molar-refractivity contribution in [1.29, 1.82) is 0 Å². The second-order valence-corrected chi connectivity index (χ2v) is 5.77. The van der Waals surface area contributed by atoms with Crippen molar-refractivity contribution in [1.82, 2.24) is 4.98 Å². The molecule has 1 N–H and O–H groups in total. The van der Waals surface area contributed by atoms with E-state index in [9.17, 15) is 4.79 Å². The lowest BCUT2D eigenvalue weighted by Gasteiger charge is -2.13. The maximum Gasteiger partial charge on any atom is 0.311 e. The van der Waals surface area contributed by atoms with Gasteiger partial charge in [0.1, 0.15) is 5.75 Å². The number of anilines is 1. The lowest BCUT2D eigenvalue weighted by Crippen LogP contribution is -2.07. The second-order valence-electron chi connectivity index (χ2n) is 4.91. The van der Waals surface area contributed by atoms with Gasteiger partial charge in [-0.1, -0.05) is 0 Å². The quantitative estimate of drug-likeness (QED) is 0.407. The van der Waals surface area contributed by atoms with Crippen molar-refractivity contribution in [3.63, 3.8) is 0 Å². The van der Waals surface area contributed by atoms with Crippen LogP contribution >= 0.6 is 11.3 Å². The number of hydrogen-bond donors (Lipinski definition) is 1. The van der Waals surface area contributed by atoms with Gasteiger partial charge >= 0.3 is 5.97 Å². The molecule has 0 radical (unpaired) electrons. The molecule has 1 heterocycles. The van der Waals surface area contributed by atoms with Gasteiger partial charge in [-0.3, -0.25) is 10.2 Å². The highest BCUT2D eigenvalue weighted by Gasteiger charge is 2.14. The van der Waals surface area contributed by atoms with Crippen LogP contribution in [-0.2, 0) is 16.0 Å². The summed E-state index contributed by atoms with van der Waals surface area (Å²) >= 11 is 1.34. The Balaban J connectivity index is 2.11. The number of carbonyl (C=O) groups is 1. The number of ether oxygens (including phenoxy) is 4. The maximum atomic E-state index is 11.5. The van der Waals surface area contributed by atoms with Gasteiger partial charge in [-0.05, 0) is 19.1 Å². The van der Waals surface area contributed by atoms with Crippen LogP contribution in [0.2, 0.25) is 0 Å². The Labute approximate surface area is 155 Å². The molecule has 140 valence electrons. The molecule has 0 unspecified atom stereocenters. The zero-order chi connectivity index (χ0) is 18.9. The Hall–Kier alpha value is -2.81. The Bertz CT molecular complexity index is 776. The van der Waals surface area contributed by atoms with Gasteiger partial charge in [-0.2, -0.15) is 5.10 Å². The zero-order valence-electron chi connectivity index (χ0n) is 15.1. The van der Waals surface area contributed by atoms with Crippen molar-refractivity contribution in [2.75, 3.05) is 33.4 Å². The summed E-state index contributed by atoms with van der Waals surface area (Å²) in [6, 6.07) is 3.52. The number of nitrogens with zero attached hydrogens (tertiary/aromatic N) is 2. The number of thiazole rings is 1. The van der Waals surface area contributed by atoms with Crippen LogP contribution < -0.4 is 19.6 Å². The maximum absolute atomic E-state index is 11.5. The van der Waals surface area contributed by atoms with Gasteiger partial charge in [0, 0.05) is 5.38 Å². The minimum absolute atomic E-state index is 0.132. The van der Waals surface area contributed by atoms with Gasteiger partial charge in [0.2, 0.25) is 5.13 Å². The molecule has 0 fully saturated rings. The van der Waals surface area contributed by atoms with Crippen LogP contribution in [0.1, 0.15) is 18.2 Å². The summed E-state index contributed by atoms with van der Waals surface area (Å²) in [6.45, 7) is 2.12. The van der Waals surface area contributed by atoms with Gasteiger partial charge in [-0.25, -0.2) is 4.98 Å². The number of aromatic nitrogens is 1. The van der Waals surface area contributed by atoms with Gasteiger partial charge in [0.25, 0.3) is 0 Å². The van der Waals surface area contributed by atoms with Crippen molar-refractivity contribution in [3.8, 4) is 17.2 Å². The fraction of sp³-hybridized carbons (Fsp3) is 0.353. The molecular weight excluding hydrogens is 358 g/mol. The van der Waals surface area contributed by atoms with E-state index in [4.69, 9.17) is 18.9 Å². The number of esters is 1. The molecule has 0 bridgehead atoms. The Morgan fingerprint density at radius 1 is 1.23 bits per heavy atom. The van der Waals surface area contributed by atoms with Gasteiger partial charge in [0.15, 0.2) is 11.5 Å². The summed E-state index contributed by atoms with van der Waals surface area (Å²) < 4.78 is 20.9. The first-order valence-electron chi connectivity index (χ1n) is 7.81. The highest BCUT2D eigenvalue weighted by atomic mass is 32.1. The molecule has 2 rings (SSSR count). The molecule has 0 aliphatic carbocycles. The zero-order valence-corrected chi connectivity index (χ0v) is 15.9. The number of carbonyl (C=O) groups excluding carboxylic acids is 1. The number of methoxy groups -OCH3 is 3. The van der Waals surface area contributed by atoms with E-state index in [-0.39, 0.29) is 12.4 Å². The van der Waals surface area contributed by atoms with E-state index in [1.807, 2.05) is 0 Å². The number of benzene rings is 1. The Morgan fingerprint density at radius 2 is 1.96 bits per heavy atom. The topological polar surface area (TPSA) is 91.3 Å². The molecule has 0 spiro atoms. The predicted octanol–water partition coefficient (Wildman–Crippen LogP) is 2.72. The number of nitrogens with one attached hydrogen (secondary N) is 1. The molecule has 0 saturated carbocycles. The summed E-state index contributed by atoms with van der Waals surface area (Å²) in [5, 5.41) is 6.51. The molecule has 8 nitrogen and oxygen atoms in total. The standard InChI is InChI=1S/C17H21N3O5S/c1-5-25-15(21)8-11-10-26-17(19-11)20-18-9-12-13(22-2)6-7-14(23-3)16(12)24-4/h6-7,9-10H,5,8H2,1-4H3,(H,19,20). The Morgan fingerprint density at radius 3 is 2.62 bits per heavy atom. The third kappa shape index (κ3) is 4.85. The molecule has 2 aromatic rings. The monoisotopic (exact) mass is 379 g/mol. The normalized spacial score (nSPS) is 10.6. The molecule has 0 amide bonds. The van der Waals surface area contributed by atoms with Crippen LogP contribution in [0.25, 0.3) is 0 Å². The largest absolute Gasteiger partial charge is 0.496 e. The van der Waals surface area contributed by atoms with E-state index >= 15 is 0 Å². The molecule has 0 aliphatic rings. The molecule has 0 aliphatic heterocycles. The van der Waals surface area contributed by atoms with Crippen molar-refractivity contribution < 1.29 is 23.7 Å². The van der Waals surface area contributed by atoms with Crippen LogP contribution in [0.5, 0.6) is 17.2 Å². The predicted molar refractivity (Wildman–Crippen MR) is 99.8 cm³/mol. The highest BCUT2D eigenvalue weighted by molar-refractivity contribution is 7.13. The summed E-state index contributed by atoms with van der Waals surface area (Å²) in [4.78, 5) is 15.8. The smallest absolute Gasteiger partial charge is 0.311 e. The van der Waals surface area contributed by atoms with Crippen molar-refractivity contribution in [2.45, 2.75) is 13.3 Å². The first-order chi connectivity index (χ1) is 12.6. The van der Waals surface area contributed by atoms with Crippen LogP contribution in [0.3, 0.4) is 0 Å². The summed E-state index contributed by atoms with van der Waals surface area (Å²) in [7, 11) is 4.67. The number of hydrogen-bond acceptors (Lipinski definition) is 9. The minimum atomic E-state index is -0.307. The fourth-order valence-corrected chi connectivity index (χ4v) is 2.84. The van der Waals surface area contributed by atoms with Crippen LogP contribution in [0, 0.1) is 0 Å². The lowest BCUT2D eigenvalue weighted by molar-refractivity contribution is -0.142. The fourth-order valence-electron chi connectivity index (χ4n) is 2.18. The van der Waals surface area contributed by atoms with Crippen LogP contribution in [0.15, 0.2) is 22.6 Å². The van der Waals surface area contributed by atoms with Crippen LogP contribution in [0.4, 0.5) is 5.13 Å². The lowest BCUT2D eigenvalue weighted by atomic mass is 10.1. The van der Waals surface area contributed by atoms with Gasteiger partial charge < -0.3 is 18.9 Å². The Kier molecular flexibility index (Phi) is 7.22. The molecule has 1 aromatic heterocycles. The van der Waals surface area contributed by atoms with E-state index in [0.717, 1.165) is 0 Å².